The van der Waals surface area contributed by atoms with Crippen LogP contribution in [-0.2, 0) is 6.54 Å². The fourth-order valence-corrected chi connectivity index (χ4v) is 1.68. The summed E-state index contributed by atoms with van der Waals surface area (Å²) in [5.41, 5.74) is 6.26. The van der Waals surface area contributed by atoms with Gasteiger partial charge in [0.1, 0.15) is 0 Å². The summed E-state index contributed by atoms with van der Waals surface area (Å²) in [6.07, 6.45) is 2.21. The van der Waals surface area contributed by atoms with E-state index < -0.39 is 0 Å². The molecule has 1 aromatic carbocycles. The van der Waals surface area contributed by atoms with E-state index in [-0.39, 0.29) is 5.82 Å². The lowest BCUT2D eigenvalue weighted by molar-refractivity contribution is 0.239. The Hall–Kier alpha value is -1.09. The maximum absolute atomic E-state index is 13.5. The summed E-state index contributed by atoms with van der Waals surface area (Å²) < 4.78 is 19.0. The zero-order valence-corrected chi connectivity index (χ0v) is 10.0. The van der Waals surface area contributed by atoms with E-state index in [0.717, 1.165) is 18.4 Å². The van der Waals surface area contributed by atoms with Crippen LogP contribution in [0.25, 0.3) is 0 Å². The van der Waals surface area contributed by atoms with Gasteiger partial charge in [0.05, 0.1) is 6.61 Å². The van der Waals surface area contributed by atoms with Gasteiger partial charge in [0.25, 0.3) is 0 Å². The summed E-state index contributed by atoms with van der Waals surface area (Å²) >= 11 is 0. The highest BCUT2D eigenvalue weighted by Crippen LogP contribution is 2.23. The van der Waals surface area contributed by atoms with Gasteiger partial charge in [-0.15, -0.1) is 0 Å². The zero-order valence-electron chi connectivity index (χ0n) is 10.0. The van der Waals surface area contributed by atoms with Gasteiger partial charge in [-0.1, -0.05) is 32.4 Å². The fourth-order valence-electron chi connectivity index (χ4n) is 1.68. The smallest absolute Gasteiger partial charge is 0.165 e. The van der Waals surface area contributed by atoms with Crippen molar-refractivity contribution in [3.8, 4) is 5.75 Å². The molecule has 0 radical (unpaired) electrons. The topological polar surface area (TPSA) is 35.2 Å². The minimum absolute atomic E-state index is 0.301. The molecule has 0 amide bonds. The summed E-state index contributed by atoms with van der Waals surface area (Å²) in [5.74, 6) is 0.426. The van der Waals surface area contributed by atoms with Crippen molar-refractivity contribution in [2.75, 3.05) is 6.61 Å². The summed E-state index contributed by atoms with van der Waals surface area (Å²) in [7, 11) is 0. The van der Waals surface area contributed by atoms with Crippen molar-refractivity contribution in [2.24, 2.45) is 11.7 Å². The van der Waals surface area contributed by atoms with E-state index in [1.165, 1.54) is 6.07 Å². The van der Waals surface area contributed by atoms with Crippen molar-refractivity contribution in [3.05, 3.63) is 29.6 Å². The van der Waals surface area contributed by atoms with Crippen LogP contribution < -0.4 is 10.5 Å². The highest BCUT2D eigenvalue weighted by molar-refractivity contribution is 5.34. The van der Waals surface area contributed by atoms with E-state index >= 15 is 0 Å². The highest BCUT2D eigenvalue weighted by Gasteiger charge is 2.10. The maximum Gasteiger partial charge on any atom is 0.165 e. The Morgan fingerprint density at radius 1 is 1.44 bits per heavy atom. The third-order valence-corrected chi connectivity index (χ3v) is 2.56. The molecule has 2 nitrogen and oxygen atoms in total. The van der Waals surface area contributed by atoms with Gasteiger partial charge in [0, 0.05) is 12.1 Å². The molecule has 0 aliphatic rings. The van der Waals surface area contributed by atoms with Crippen LogP contribution in [0.5, 0.6) is 5.75 Å². The van der Waals surface area contributed by atoms with Crippen molar-refractivity contribution in [1.82, 2.24) is 0 Å². The number of rotatable bonds is 6. The first kappa shape index (κ1) is 13.0. The average molecular weight is 225 g/mol. The fraction of sp³-hybridized carbons (Fsp3) is 0.538. The quantitative estimate of drug-likeness (QED) is 0.807. The van der Waals surface area contributed by atoms with Crippen molar-refractivity contribution in [1.29, 1.82) is 0 Å². The summed E-state index contributed by atoms with van der Waals surface area (Å²) in [5, 5.41) is 0. The van der Waals surface area contributed by atoms with E-state index in [9.17, 15) is 4.39 Å². The SMILES string of the molecule is CCCC(C)COc1c(F)cccc1CN. The van der Waals surface area contributed by atoms with Crippen molar-refractivity contribution in [3.63, 3.8) is 0 Å². The summed E-state index contributed by atoms with van der Waals surface area (Å²) in [6.45, 7) is 5.08. The van der Waals surface area contributed by atoms with Crippen LogP contribution in [-0.4, -0.2) is 6.61 Å². The van der Waals surface area contributed by atoms with E-state index in [0.29, 0.717) is 24.8 Å². The lowest BCUT2D eigenvalue weighted by Crippen LogP contribution is -2.11. The standard InChI is InChI=1S/C13H20FNO/c1-3-5-10(2)9-16-13-11(8-15)6-4-7-12(13)14/h4,6-7,10H,3,5,8-9,15H2,1-2H3. The number of para-hydroxylation sites is 1. The van der Waals surface area contributed by atoms with Crippen LogP contribution in [0.1, 0.15) is 32.3 Å². The first-order valence-electron chi connectivity index (χ1n) is 5.79. The molecule has 1 rings (SSSR count). The Balaban J connectivity index is 2.65. The number of benzene rings is 1. The molecule has 0 saturated heterocycles. The summed E-state index contributed by atoms with van der Waals surface area (Å²) in [6, 6.07) is 4.85. The van der Waals surface area contributed by atoms with Crippen LogP contribution in [0.4, 0.5) is 4.39 Å². The van der Waals surface area contributed by atoms with Crippen molar-refractivity contribution in [2.45, 2.75) is 33.2 Å². The second-order valence-electron chi connectivity index (χ2n) is 4.14. The second kappa shape index (κ2) is 6.48. The molecule has 0 heterocycles. The van der Waals surface area contributed by atoms with Gasteiger partial charge < -0.3 is 10.5 Å². The molecule has 2 N–H and O–H groups in total. The molecule has 90 valence electrons. The Morgan fingerprint density at radius 3 is 2.81 bits per heavy atom. The minimum Gasteiger partial charge on any atom is -0.490 e. The molecule has 0 aliphatic heterocycles. The van der Waals surface area contributed by atoms with E-state index in [1.54, 1.807) is 12.1 Å². The van der Waals surface area contributed by atoms with Gasteiger partial charge in [-0.05, 0) is 18.4 Å². The minimum atomic E-state index is -0.327. The van der Waals surface area contributed by atoms with Crippen molar-refractivity contribution >= 4 is 0 Å². The van der Waals surface area contributed by atoms with E-state index in [2.05, 4.69) is 13.8 Å². The molecule has 0 aliphatic carbocycles. The predicted octanol–water partition coefficient (Wildman–Crippen LogP) is 3.10. The highest BCUT2D eigenvalue weighted by atomic mass is 19.1. The van der Waals surface area contributed by atoms with Gasteiger partial charge in [0.2, 0.25) is 0 Å². The number of hydrogen-bond donors (Lipinski definition) is 1. The maximum atomic E-state index is 13.5. The molecule has 1 aromatic rings. The van der Waals surface area contributed by atoms with Gasteiger partial charge >= 0.3 is 0 Å². The lowest BCUT2D eigenvalue weighted by Gasteiger charge is -2.15. The van der Waals surface area contributed by atoms with Gasteiger partial charge in [-0.25, -0.2) is 4.39 Å². The Kier molecular flexibility index (Phi) is 5.26. The van der Waals surface area contributed by atoms with Crippen LogP contribution >= 0.6 is 0 Å². The van der Waals surface area contributed by atoms with E-state index in [4.69, 9.17) is 10.5 Å². The first-order chi connectivity index (χ1) is 7.69. The molecular weight excluding hydrogens is 205 g/mol. The normalized spacial score (nSPS) is 12.5. The van der Waals surface area contributed by atoms with Gasteiger partial charge in [-0.3, -0.25) is 0 Å². The zero-order chi connectivity index (χ0) is 12.0. The third kappa shape index (κ3) is 3.49. The molecule has 0 spiro atoms. The number of ether oxygens (including phenoxy) is 1. The van der Waals surface area contributed by atoms with Crippen LogP contribution in [0, 0.1) is 11.7 Å². The van der Waals surface area contributed by atoms with Crippen LogP contribution in [0.2, 0.25) is 0 Å². The summed E-state index contributed by atoms with van der Waals surface area (Å²) in [4.78, 5) is 0. The van der Waals surface area contributed by atoms with Gasteiger partial charge in [-0.2, -0.15) is 0 Å². The van der Waals surface area contributed by atoms with Gasteiger partial charge in [0.15, 0.2) is 11.6 Å². The molecule has 1 unspecified atom stereocenters. The first-order valence-corrected chi connectivity index (χ1v) is 5.79. The molecular formula is C13H20FNO. The third-order valence-electron chi connectivity index (χ3n) is 2.56. The molecule has 16 heavy (non-hydrogen) atoms. The second-order valence-corrected chi connectivity index (χ2v) is 4.14. The molecule has 0 fully saturated rings. The van der Waals surface area contributed by atoms with Crippen LogP contribution in [0.15, 0.2) is 18.2 Å². The largest absolute Gasteiger partial charge is 0.490 e. The van der Waals surface area contributed by atoms with Crippen molar-refractivity contribution < 1.29 is 9.13 Å². The Labute approximate surface area is 96.6 Å². The molecule has 1 atom stereocenters. The monoisotopic (exact) mass is 225 g/mol. The number of nitrogens with two attached hydrogens (primary N) is 1. The average Bonchev–Trinajstić information content (AvgIpc) is 2.27. The molecule has 0 bridgehead atoms. The number of hydrogen-bond acceptors (Lipinski definition) is 2. The van der Waals surface area contributed by atoms with Crippen LogP contribution in [0.3, 0.4) is 0 Å². The molecule has 3 heteroatoms. The Morgan fingerprint density at radius 2 is 2.19 bits per heavy atom. The number of halogens is 1. The lowest BCUT2D eigenvalue weighted by atomic mass is 10.1. The molecule has 0 saturated carbocycles. The Bertz CT molecular complexity index is 328. The molecule has 0 aromatic heterocycles. The van der Waals surface area contributed by atoms with E-state index in [1.807, 2.05) is 0 Å². The predicted molar refractivity (Wildman–Crippen MR) is 63.9 cm³/mol.